The van der Waals surface area contributed by atoms with Crippen LogP contribution in [-0.2, 0) is 15.8 Å². The lowest BCUT2D eigenvalue weighted by atomic mass is 9.85. The fourth-order valence-corrected chi connectivity index (χ4v) is 4.94. The molecule has 2 N–H and O–H groups in total. The van der Waals surface area contributed by atoms with Crippen molar-refractivity contribution >= 4 is 29.2 Å². The predicted molar refractivity (Wildman–Crippen MR) is 137 cm³/mol. The highest BCUT2D eigenvalue weighted by molar-refractivity contribution is 5.97. The minimum Gasteiger partial charge on any atom is -0.352 e. The number of rotatable bonds is 6. The highest BCUT2D eigenvalue weighted by Gasteiger charge is 2.54. The van der Waals surface area contributed by atoms with Crippen LogP contribution in [-0.4, -0.2) is 65.5 Å². The zero-order valence-electron chi connectivity index (χ0n) is 21.4. The van der Waals surface area contributed by atoms with Gasteiger partial charge < -0.3 is 25.3 Å². The molecule has 2 heterocycles. The molecule has 0 aromatic heterocycles. The zero-order chi connectivity index (χ0) is 27.5. The Balaban J connectivity index is 1.46. The van der Waals surface area contributed by atoms with Crippen molar-refractivity contribution in [2.75, 3.05) is 36.5 Å². The molecule has 0 radical (unpaired) electrons. The second-order valence-electron chi connectivity index (χ2n) is 9.81. The Morgan fingerprint density at radius 1 is 1.03 bits per heavy atom. The van der Waals surface area contributed by atoms with Gasteiger partial charge in [-0.1, -0.05) is 25.1 Å². The van der Waals surface area contributed by atoms with Crippen LogP contribution in [0.25, 0.3) is 0 Å². The van der Waals surface area contributed by atoms with Gasteiger partial charge in [0, 0.05) is 30.5 Å². The second-order valence-corrected chi connectivity index (χ2v) is 9.81. The minimum absolute atomic E-state index is 0.00538. The normalized spacial score (nSPS) is 18.0. The molecule has 4 amide bonds. The maximum Gasteiger partial charge on any atom is 0.416 e. The fraction of sp³-hybridized carbons (Fsp3) is 0.444. The number of hydrogen-bond donors (Lipinski definition) is 2. The number of halogens is 3. The van der Waals surface area contributed by atoms with Crippen molar-refractivity contribution in [1.29, 1.82) is 0 Å². The third kappa shape index (κ3) is 5.71. The largest absolute Gasteiger partial charge is 0.416 e. The Labute approximate surface area is 219 Å². The topological polar surface area (TPSA) is 85.0 Å². The van der Waals surface area contributed by atoms with Crippen LogP contribution >= 0.6 is 0 Å². The van der Waals surface area contributed by atoms with Gasteiger partial charge in [-0.2, -0.15) is 13.2 Å². The van der Waals surface area contributed by atoms with Crippen LogP contribution in [0.5, 0.6) is 0 Å². The van der Waals surface area contributed by atoms with Crippen molar-refractivity contribution in [3.05, 3.63) is 60.2 Å². The Morgan fingerprint density at radius 2 is 1.66 bits per heavy atom. The molecule has 2 aromatic carbocycles. The summed E-state index contributed by atoms with van der Waals surface area (Å²) in [4.78, 5) is 44.3. The number of benzene rings is 2. The summed E-state index contributed by atoms with van der Waals surface area (Å²) in [5.74, 6) is -0.366. The summed E-state index contributed by atoms with van der Waals surface area (Å²) in [6.45, 7) is 4.64. The van der Waals surface area contributed by atoms with Gasteiger partial charge in [0.25, 0.3) is 5.91 Å². The first kappa shape index (κ1) is 27.3. The molecule has 2 saturated heterocycles. The van der Waals surface area contributed by atoms with Crippen LogP contribution in [0, 0.1) is 0 Å². The van der Waals surface area contributed by atoms with Crippen molar-refractivity contribution in [2.24, 2.45) is 0 Å². The number of piperidine rings is 1. The van der Waals surface area contributed by atoms with Crippen molar-refractivity contribution in [2.45, 2.75) is 50.9 Å². The minimum atomic E-state index is -4.45. The van der Waals surface area contributed by atoms with Crippen LogP contribution < -0.4 is 15.5 Å². The van der Waals surface area contributed by atoms with Gasteiger partial charge in [0.1, 0.15) is 12.1 Å². The van der Waals surface area contributed by atoms with E-state index in [1.807, 2.05) is 49.1 Å². The maximum atomic E-state index is 13.7. The van der Waals surface area contributed by atoms with E-state index in [1.54, 1.807) is 9.80 Å². The van der Waals surface area contributed by atoms with Gasteiger partial charge in [-0.3, -0.25) is 9.59 Å². The first-order chi connectivity index (χ1) is 18.0. The first-order valence-corrected chi connectivity index (χ1v) is 12.7. The number of amides is 4. The summed E-state index contributed by atoms with van der Waals surface area (Å²) in [5.41, 5.74) is -0.583. The Morgan fingerprint density at radius 3 is 2.24 bits per heavy atom. The highest BCUT2D eigenvalue weighted by Crippen LogP contribution is 2.39. The number of nitrogens with one attached hydrogen (secondary N) is 2. The maximum absolute atomic E-state index is 13.7. The molecule has 2 aliphatic heterocycles. The summed E-state index contributed by atoms with van der Waals surface area (Å²) >= 11 is 0. The van der Waals surface area contributed by atoms with Gasteiger partial charge >= 0.3 is 12.2 Å². The number of nitrogens with zero attached hydrogens (tertiary/aromatic N) is 3. The standard InChI is InChI=1S/C27H32F3N5O3/c1-3-19(2)31-23(36)17-34-18-35(22-7-5-4-6-8-22)26(24(34)37)13-15-33(16-14-26)25(38)32-21-11-9-20(10-12-21)27(28,29)30/h4-12,19H,3,13-18H2,1-2H3,(H,31,36)(H,32,38). The summed E-state index contributed by atoms with van der Waals surface area (Å²) < 4.78 is 38.5. The van der Waals surface area contributed by atoms with E-state index in [0.29, 0.717) is 12.8 Å². The van der Waals surface area contributed by atoms with Crippen molar-refractivity contribution in [3.63, 3.8) is 0 Å². The SMILES string of the molecule is CCC(C)NC(=O)CN1CN(c2ccccc2)C2(CCN(C(=O)Nc3ccc(C(F)(F)F)cc3)CC2)C1=O. The number of hydrogen-bond acceptors (Lipinski definition) is 4. The van der Waals surface area contributed by atoms with Gasteiger partial charge in [0.05, 0.1) is 12.2 Å². The average molecular weight is 532 g/mol. The summed E-state index contributed by atoms with van der Waals surface area (Å²) in [6, 6.07) is 13.3. The summed E-state index contributed by atoms with van der Waals surface area (Å²) in [5, 5.41) is 5.54. The monoisotopic (exact) mass is 531 g/mol. The Hall–Kier alpha value is -3.76. The van der Waals surface area contributed by atoms with E-state index in [4.69, 9.17) is 0 Å². The molecule has 2 fully saturated rings. The molecule has 0 bridgehead atoms. The van der Waals surface area contributed by atoms with Crippen LogP contribution in [0.1, 0.15) is 38.7 Å². The van der Waals surface area contributed by atoms with Gasteiger partial charge in [-0.15, -0.1) is 0 Å². The van der Waals surface area contributed by atoms with E-state index in [2.05, 4.69) is 10.6 Å². The quantitative estimate of drug-likeness (QED) is 0.583. The van der Waals surface area contributed by atoms with Crippen molar-refractivity contribution in [1.82, 2.24) is 15.1 Å². The molecule has 0 aliphatic carbocycles. The number of carbonyl (C=O) groups excluding carboxylic acids is 3. The van der Waals surface area contributed by atoms with E-state index in [9.17, 15) is 27.6 Å². The van der Waals surface area contributed by atoms with E-state index in [1.165, 1.54) is 12.1 Å². The van der Waals surface area contributed by atoms with E-state index in [-0.39, 0.29) is 49.8 Å². The van der Waals surface area contributed by atoms with E-state index in [0.717, 1.165) is 24.2 Å². The smallest absolute Gasteiger partial charge is 0.352 e. The van der Waals surface area contributed by atoms with Crippen LogP contribution in [0.3, 0.4) is 0 Å². The molecule has 204 valence electrons. The molecular weight excluding hydrogens is 499 g/mol. The Bertz CT molecular complexity index is 1150. The molecule has 1 atom stereocenters. The summed E-state index contributed by atoms with van der Waals surface area (Å²) in [7, 11) is 0. The number of anilines is 2. The van der Waals surface area contributed by atoms with Crippen LogP contribution in [0.2, 0.25) is 0 Å². The number of alkyl halides is 3. The number of para-hydroxylation sites is 1. The molecule has 1 unspecified atom stereocenters. The van der Waals surface area contributed by atoms with Crippen LogP contribution in [0.4, 0.5) is 29.3 Å². The van der Waals surface area contributed by atoms with Gasteiger partial charge in [0.15, 0.2) is 0 Å². The molecular formula is C27H32F3N5O3. The van der Waals surface area contributed by atoms with Gasteiger partial charge in [-0.25, -0.2) is 4.79 Å². The fourth-order valence-electron chi connectivity index (χ4n) is 4.94. The third-order valence-electron chi connectivity index (χ3n) is 7.28. The summed E-state index contributed by atoms with van der Waals surface area (Å²) in [6.07, 6.45) is -2.97. The van der Waals surface area contributed by atoms with Gasteiger partial charge in [-0.05, 0) is 62.6 Å². The molecule has 11 heteroatoms. The van der Waals surface area contributed by atoms with E-state index < -0.39 is 23.3 Å². The lowest BCUT2D eigenvalue weighted by Crippen LogP contribution is -2.58. The molecule has 38 heavy (non-hydrogen) atoms. The molecule has 0 saturated carbocycles. The van der Waals surface area contributed by atoms with E-state index >= 15 is 0 Å². The third-order valence-corrected chi connectivity index (χ3v) is 7.28. The second kappa shape index (κ2) is 10.9. The highest BCUT2D eigenvalue weighted by atomic mass is 19.4. The first-order valence-electron chi connectivity index (χ1n) is 12.7. The molecule has 2 aliphatic rings. The lowest BCUT2D eigenvalue weighted by Gasteiger charge is -2.43. The molecule has 8 nitrogen and oxygen atoms in total. The zero-order valence-corrected chi connectivity index (χ0v) is 21.4. The molecule has 1 spiro atoms. The molecule has 4 rings (SSSR count). The van der Waals surface area contributed by atoms with Gasteiger partial charge in [0.2, 0.25) is 5.91 Å². The van der Waals surface area contributed by atoms with Crippen molar-refractivity contribution in [3.8, 4) is 0 Å². The number of urea groups is 1. The van der Waals surface area contributed by atoms with Crippen molar-refractivity contribution < 1.29 is 27.6 Å². The number of likely N-dealkylation sites (tertiary alicyclic amines) is 1. The Kier molecular flexibility index (Phi) is 7.84. The molecule has 2 aromatic rings. The lowest BCUT2D eigenvalue weighted by molar-refractivity contribution is -0.137. The average Bonchev–Trinajstić information content (AvgIpc) is 3.15. The predicted octanol–water partition coefficient (Wildman–Crippen LogP) is 4.29. The number of carbonyl (C=O) groups is 3. The van der Waals surface area contributed by atoms with Crippen LogP contribution in [0.15, 0.2) is 54.6 Å².